The van der Waals surface area contributed by atoms with E-state index in [1.807, 2.05) is 0 Å². The zero-order valence-electron chi connectivity index (χ0n) is 13.7. The van der Waals surface area contributed by atoms with Crippen LogP contribution >= 0.6 is 0 Å². The third-order valence-electron chi connectivity index (χ3n) is 5.08. The molecular formula is C19H25NO2. The van der Waals surface area contributed by atoms with E-state index in [2.05, 4.69) is 38.2 Å². The van der Waals surface area contributed by atoms with Crippen molar-refractivity contribution in [3.8, 4) is 0 Å². The normalized spacial score (nSPS) is 22.0. The first kappa shape index (κ1) is 15.1. The lowest BCUT2D eigenvalue weighted by Crippen LogP contribution is -2.41. The predicted molar refractivity (Wildman–Crippen MR) is 89.0 cm³/mol. The number of carbonyl (C=O) groups excluding carboxylic acids is 1. The minimum atomic E-state index is 0.111. The van der Waals surface area contributed by atoms with Gasteiger partial charge in [0.15, 0.2) is 0 Å². The smallest absolute Gasteiger partial charge is 0.224 e. The molecule has 1 N–H and O–H groups in total. The molecule has 0 spiro atoms. The van der Waals surface area contributed by atoms with E-state index in [9.17, 15) is 4.79 Å². The molecule has 0 aliphatic heterocycles. The van der Waals surface area contributed by atoms with Gasteiger partial charge >= 0.3 is 0 Å². The lowest BCUT2D eigenvalue weighted by molar-refractivity contribution is -0.121. The summed E-state index contributed by atoms with van der Waals surface area (Å²) in [6, 6.07) is 4.51. The van der Waals surface area contributed by atoms with Gasteiger partial charge in [0.2, 0.25) is 5.91 Å². The summed E-state index contributed by atoms with van der Waals surface area (Å²) in [7, 11) is 0. The minimum Gasteiger partial charge on any atom is -0.464 e. The third-order valence-corrected chi connectivity index (χ3v) is 5.08. The van der Waals surface area contributed by atoms with E-state index < -0.39 is 0 Å². The van der Waals surface area contributed by atoms with E-state index in [1.165, 1.54) is 30.4 Å². The fraction of sp³-hybridized carbons (Fsp3) is 0.526. The predicted octanol–water partition coefficient (Wildman–Crippen LogP) is 4.29. The Morgan fingerprint density at radius 3 is 2.73 bits per heavy atom. The van der Waals surface area contributed by atoms with Gasteiger partial charge in [0.1, 0.15) is 5.58 Å². The van der Waals surface area contributed by atoms with Gasteiger partial charge in [-0.05, 0) is 55.9 Å². The minimum absolute atomic E-state index is 0.111. The number of benzene rings is 1. The van der Waals surface area contributed by atoms with Crippen LogP contribution in [0.4, 0.5) is 0 Å². The number of hydrogen-bond donors (Lipinski definition) is 1. The Hall–Kier alpha value is -1.77. The second-order valence-corrected chi connectivity index (χ2v) is 6.81. The van der Waals surface area contributed by atoms with Crippen LogP contribution in [-0.4, -0.2) is 11.9 Å². The second kappa shape index (κ2) is 6.15. The van der Waals surface area contributed by atoms with Crippen molar-refractivity contribution in [1.82, 2.24) is 5.32 Å². The Bertz CT molecular complexity index is 686. The number of aryl methyl sites for hydroxylation is 2. The highest BCUT2D eigenvalue weighted by Gasteiger charge is 2.23. The largest absolute Gasteiger partial charge is 0.464 e. The number of hydrogen-bond acceptors (Lipinski definition) is 2. The highest BCUT2D eigenvalue weighted by molar-refractivity contribution is 5.88. The molecule has 2 atom stereocenters. The average Bonchev–Trinajstić information content (AvgIpc) is 2.84. The average molecular weight is 299 g/mol. The standard InChI is InChI=1S/C19H25NO2/c1-12-6-4-5-7-17(12)20-19(21)10-15-11-22-18-9-14(3)13(2)8-16(15)18/h8-9,11-12,17H,4-7,10H2,1-3H3,(H,20,21). The van der Waals surface area contributed by atoms with Gasteiger partial charge in [0.25, 0.3) is 0 Å². The maximum Gasteiger partial charge on any atom is 0.224 e. The number of furan rings is 1. The van der Waals surface area contributed by atoms with E-state index >= 15 is 0 Å². The summed E-state index contributed by atoms with van der Waals surface area (Å²) in [5.41, 5.74) is 4.31. The van der Waals surface area contributed by atoms with Crippen LogP contribution in [0.2, 0.25) is 0 Å². The van der Waals surface area contributed by atoms with E-state index in [0.717, 1.165) is 23.0 Å². The van der Waals surface area contributed by atoms with Crippen LogP contribution in [0.25, 0.3) is 11.0 Å². The molecule has 118 valence electrons. The monoisotopic (exact) mass is 299 g/mol. The van der Waals surface area contributed by atoms with Gasteiger partial charge in [0, 0.05) is 17.0 Å². The molecule has 2 aromatic rings. The van der Waals surface area contributed by atoms with Gasteiger partial charge in [0.05, 0.1) is 12.7 Å². The first-order valence-corrected chi connectivity index (χ1v) is 8.31. The molecule has 2 unspecified atom stereocenters. The van der Waals surface area contributed by atoms with Crippen molar-refractivity contribution < 1.29 is 9.21 Å². The van der Waals surface area contributed by atoms with Crippen LogP contribution in [0.3, 0.4) is 0 Å². The van der Waals surface area contributed by atoms with Crippen LogP contribution in [0.15, 0.2) is 22.8 Å². The molecule has 3 nitrogen and oxygen atoms in total. The van der Waals surface area contributed by atoms with Crippen molar-refractivity contribution in [3.05, 3.63) is 35.1 Å². The summed E-state index contributed by atoms with van der Waals surface area (Å²) in [5, 5.41) is 4.28. The van der Waals surface area contributed by atoms with Crippen molar-refractivity contribution in [2.45, 2.75) is 58.9 Å². The molecule has 3 rings (SSSR count). The topological polar surface area (TPSA) is 42.2 Å². The Kier molecular flexibility index (Phi) is 4.23. The molecule has 1 aromatic carbocycles. The third kappa shape index (κ3) is 3.03. The Labute approximate surface area is 132 Å². The molecule has 1 aliphatic carbocycles. The van der Waals surface area contributed by atoms with Crippen LogP contribution in [-0.2, 0) is 11.2 Å². The number of nitrogens with one attached hydrogen (secondary N) is 1. The van der Waals surface area contributed by atoms with Gasteiger partial charge in [-0.15, -0.1) is 0 Å². The molecule has 0 bridgehead atoms. The molecular weight excluding hydrogens is 274 g/mol. The van der Waals surface area contributed by atoms with Gasteiger partial charge in [-0.2, -0.15) is 0 Å². The molecule has 1 saturated carbocycles. The first-order valence-electron chi connectivity index (χ1n) is 8.31. The van der Waals surface area contributed by atoms with Crippen LogP contribution in [0.5, 0.6) is 0 Å². The number of carbonyl (C=O) groups is 1. The number of amides is 1. The Morgan fingerprint density at radius 2 is 1.95 bits per heavy atom. The summed E-state index contributed by atoms with van der Waals surface area (Å²) in [6.45, 7) is 6.41. The van der Waals surface area contributed by atoms with Crippen molar-refractivity contribution in [1.29, 1.82) is 0 Å². The molecule has 1 aromatic heterocycles. The fourth-order valence-corrected chi connectivity index (χ4v) is 3.43. The molecule has 3 heteroatoms. The van der Waals surface area contributed by atoms with E-state index in [4.69, 9.17) is 4.42 Å². The molecule has 1 fully saturated rings. The lowest BCUT2D eigenvalue weighted by atomic mass is 9.86. The lowest BCUT2D eigenvalue weighted by Gasteiger charge is -2.29. The van der Waals surface area contributed by atoms with Crippen molar-refractivity contribution in [2.75, 3.05) is 0 Å². The van der Waals surface area contributed by atoms with Gasteiger partial charge < -0.3 is 9.73 Å². The molecule has 0 radical (unpaired) electrons. The number of fused-ring (bicyclic) bond motifs is 1. The second-order valence-electron chi connectivity index (χ2n) is 6.81. The molecule has 1 amide bonds. The summed E-state index contributed by atoms with van der Waals surface area (Å²) in [4.78, 5) is 12.4. The van der Waals surface area contributed by atoms with E-state index in [0.29, 0.717) is 18.4 Å². The molecule has 1 aliphatic rings. The number of rotatable bonds is 3. The highest BCUT2D eigenvalue weighted by atomic mass is 16.3. The molecule has 0 saturated heterocycles. The fourth-order valence-electron chi connectivity index (χ4n) is 3.43. The highest BCUT2D eigenvalue weighted by Crippen LogP contribution is 2.26. The maximum atomic E-state index is 12.4. The van der Waals surface area contributed by atoms with Gasteiger partial charge in [-0.3, -0.25) is 4.79 Å². The Morgan fingerprint density at radius 1 is 1.23 bits per heavy atom. The summed E-state index contributed by atoms with van der Waals surface area (Å²) >= 11 is 0. The van der Waals surface area contributed by atoms with Crippen molar-refractivity contribution in [2.24, 2.45) is 5.92 Å². The van der Waals surface area contributed by atoms with Crippen molar-refractivity contribution >= 4 is 16.9 Å². The van der Waals surface area contributed by atoms with Gasteiger partial charge in [-0.1, -0.05) is 19.8 Å². The summed E-state index contributed by atoms with van der Waals surface area (Å²) in [5.74, 6) is 0.698. The van der Waals surface area contributed by atoms with Crippen LogP contribution in [0, 0.1) is 19.8 Å². The van der Waals surface area contributed by atoms with E-state index in [-0.39, 0.29) is 5.91 Å². The summed E-state index contributed by atoms with van der Waals surface area (Å²) < 4.78 is 5.62. The molecule has 1 heterocycles. The zero-order chi connectivity index (χ0) is 15.7. The SMILES string of the molecule is Cc1cc2occ(CC(=O)NC3CCCCC3C)c2cc1C. The Balaban J connectivity index is 1.72. The van der Waals surface area contributed by atoms with Crippen LogP contribution < -0.4 is 5.32 Å². The molecule has 22 heavy (non-hydrogen) atoms. The van der Waals surface area contributed by atoms with E-state index in [1.54, 1.807) is 6.26 Å². The quantitative estimate of drug-likeness (QED) is 0.918. The summed E-state index contributed by atoms with van der Waals surface area (Å²) in [6.07, 6.45) is 6.97. The van der Waals surface area contributed by atoms with Gasteiger partial charge in [-0.25, -0.2) is 0 Å². The zero-order valence-corrected chi connectivity index (χ0v) is 13.7. The first-order chi connectivity index (χ1) is 10.5. The maximum absolute atomic E-state index is 12.4. The van der Waals surface area contributed by atoms with Crippen LogP contribution in [0.1, 0.15) is 49.3 Å². The van der Waals surface area contributed by atoms with Crippen molar-refractivity contribution in [3.63, 3.8) is 0 Å².